The normalized spacial score (nSPS) is 15.0. The van der Waals surface area contributed by atoms with Crippen molar-refractivity contribution in [2.24, 2.45) is 7.05 Å². The topological polar surface area (TPSA) is 60.3 Å². The molecule has 1 unspecified atom stereocenters. The number of ether oxygens (including phenoxy) is 1. The molecule has 6 heteroatoms. The highest BCUT2D eigenvalue weighted by molar-refractivity contribution is 7.84. The second-order valence-corrected chi connectivity index (χ2v) is 7.23. The van der Waals surface area contributed by atoms with Crippen LogP contribution < -0.4 is 4.72 Å². The number of carbonyl (C=O) groups excluding carboxylic acids is 1. The summed E-state index contributed by atoms with van der Waals surface area (Å²) in [6.45, 7) is 7.60. The van der Waals surface area contributed by atoms with Crippen molar-refractivity contribution in [1.29, 1.82) is 0 Å². The minimum atomic E-state index is -1.35. The molecule has 0 aromatic carbocycles. The average Bonchev–Trinajstić information content (AvgIpc) is 2.70. The van der Waals surface area contributed by atoms with E-state index in [0.717, 1.165) is 5.69 Å². The van der Waals surface area contributed by atoms with Gasteiger partial charge in [0.1, 0.15) is 0 Å². The maximum Gasteiger partial charge on any atom is 0.330 e. The Hall–Kier alpha value is -1.14. The lowest BCUT2D eigenvalue weighted by atomic mass is 10.2. The molecule has 2 atom stereocenters. The third kappa shape index (κ3) is 4.18. The van der Waals surface area contributed by atoms with E-state index in [4.69, 9.17) is 4.74 Å². The van der Waals surface area contributed by atoms with Crippen LogP contribution in [0.2, 0.25) is 0 Å². The summed E-state index contributed by atoms with van der Waals surface area (Å²) in [7, 11) is 0.488. The van der Waals surface area contributed by atoms with Gasteiger partial charge in [-0.15, -0.1) is 0 Å². The summed E-state index contributed by atoms with van der Waals surface area (Å²) >= 11 is 0. The third-order valence-electron chi connectivity index (χ3n) is 2.58. The van der Waals surface area contributed by atoms with Crippen LogP contribution in [0.15, 0.2) is 18.3 Å². The van der Waals surface area contributed by atoms with Crippen LogP contribution in [0.1, 0.15) is 39.4 Å². The zero-order valence-electron chi connectivity index (χ0n) is 12.1. The molecule has 0 aliphatic rings. The second-order valence-electron chi connectivity index (χ2n) is 5.23. The Kier molecular flexibility index (Phi) is 5.31. The van der Waals surface area contributed by atoms with Crippen LogP contribution in [-0.2, 0) is 27.6 Å². The fraction of sp³-hybridized carbons (Fsp3) is 0.615. The molecule has 0 aliphatic heterocycles. The van der Waals surface area contributed by atoms with Gasteiger partial charge in [-0.05, 0) is 39.8 Å². The smallest absolute Gasteiger partial charge is 0.330 e. The highest BCUT2D eigenvalue weighted by Crippen LogP contribution is 2.19. The van der Waals surface area contributed by atoms with Gasteiger partial charge in [-0.2, -0.15) is 0 Å². The van der Waals surface area contributed by atoms with Crippen LogP contribution in [0.3, 0.4) is 0 Å². The Morgan fingerprint density at radius 1 is 1.53 bits per heavy atom. The number of aromatic nitrogens is 1. The van der Waals surface area contributed by atoms with Gasteiger partial charge in [0.2, 0.25) is 0 Å². The molecule has 0 saturated heterocycles. The molecule has 19 heavy (non-hydrogen) atoms. The van der Waals surface area contributed by atoms with Gasteiger partial charge in [0.15, 0.2) is 6.04 Å². The Morgan fingerprint density at radius 2 is 2.16 bits per heavy atom. The van der Waals surface area contributed by atoms with Crippen LogP contribution in [0.4, 0.5) is 0 Å². The molecule has 1 aromatic heterocycles. The van der Waals surface area contributed by atoms with Gasteiger partial charge in [0.25, 0.3) is 0 Å². The van der Waals surface area contributed by atoms with E-state index in [2.05, 4.69) is 4.72 Å². The minimum Gasteiger partial charge on any atom is -0.465 e. The minimum absolute atomic E-state index is 0.295. The Balaban J connectivity index is 2.98. The predicted molar refractivity (Wildman–Crippen MR) is 75.8 cm³/mol. The van der Waals surface area contributed by atoms with Gasteiger partial charge in [0.05, 0.1) is 22.3 Å². The first-order valence-electron chi connectivity index (χ1n) is 6.23. The number of nitrogens with one attached hydrogen (secondary N) is 1. The van der Waals surface area contributed by atoms with E-state index in [9.17, 15) is 9.00 Å². The molecule has 0 aliphatic carbocycles. The summed E-state index contributed by atoms with van der Waals surface area (Å²) in [5.74, 6) is -0.415. The van der Waals surface area contributed by atoms with Crippen molar-refractivity contribution in [3.05, 3.63) is 24.0 Å². The maximum atomic E-state index is 12.2. The number of hydrogen-bond acceptors (Lipinski definition) is 3. The highest BCUT2D eigenvalue weighted by atomic mass is 32.2. The van der Waals surface area contributed by atoms with Crippen LogP contribution in [-0.4, -0.2) is 26.1 Å². The molecule has 1 rings (SSSR count). The summed E-state index contributed by atoms with van der Waals surface area (Å²) in [6, 6.07) is 2.93. The predicted octanol–water partition coefficient (Wildman–Crippen LogP) is 1.68. The number of carbonyl (C=O) groups is 1. The molecule has 0 amide bonds. The number of esters is 1. The second kappa shape index (κ2) is 6.34. The summed E-state index contributed by atoms with van der Waals surface area (Å²) < 4.78 is 21.4. The zero-order valence-corrected chi connectivity index (χ0v) is 12.9. The fourth-order valence-corrected chi connectivity index (χ4v) is 2.30. The summed E-state index contributed by atoms with van der Waals surface area (Å²) in [5.41, 5.74) is 0.732. The molecule has 108 valence electrons. The molecule has 0 fully saturated rings. The van der Waals surface area contributed by atoms with E-state index in [0.29, 0.717) is 6.61 Å². The molecule has 5 nitrogen and oxygen atoms in total. The molecule has 0 radical (unpaired) electrons. The summed E-state index contributed by atoms with van der Waals surface area (Å²) in [5, 5.41) is 0. The standard InChI is InChI=1S/C13H22N2O3S/c1-6-18-12(16)11(10-8-7-9-15(10)5)14-19(17)13(2,3)4/h7-9,11,14H,6H2,1-5H3/t11-,19?/m0/s1. The van der Waals surface area contributed by atoms with E-state index in [-0.39, 0.29) is 0 Å². The van der Waals surface area contributed by atoms with Gasteiger partial charge < -0.3 is 9.30 Å². The molecule has 0 bridgehead atoms. The van der Waals surface area contributed by atoms with Crippen molar-refractivity contribution in [3.8, 4) is 0 Å². The van der Waals surface area contributed by atoms with E-state index >= 15 is 0 Å². The van der Waals surface area contributed by atoms with Crippen LogP contribution in [0.5, 0.6) is 0 Å². The van der Waals surface area contributed by atoms with Crippen molar-refractivity contribution in [1.82, 2.24) is 9.29 Å². The van der Waals surface area contributed by atoms with E-state index in [1.54, 1.807) is 6.92 Å². The number of aryl methyl sites for hydroxylation is 1. The molecule has 1 aromatic rings. The maximum absolute atomic E-state index is 12.2. The van der Waals surface area contributed by atoms with E-state index < -0.39 is 27.7 Å². The molecular weight excluding hydrogens is 264 g/mol. The molecular formula is C13H22N2O3S. The van der Waals surface area contributed by atoms with Gasteiger partial charge >= 0.3 is 5.97 Å². The fourth-order valence-electron chi connectivity index (χ4n) is 1.51. The lowest BCUT2D eigenvalue weighted by Crippen LogP contribution is -2.40. The number of rotatable bonds is 5. The zero-order chi connectivity index (χ0) is 14.6. The van der Waals surface area contributed by atoms with Gasteiger partial charge in [0, 0.05) is 18.9 Å². The van der Waals surface area contributed by atoms with Gasteiger partial charge in [-0.3, -0.25) is 0 Å². The lowest BCUT2D eigenvalue weighted by Gasteiger charge is -2.23. The van der Waals surface area contributed by atoms with E-state index in [1.807, 2.05) is 50.7 Å². The number of hydrogen-bond donors (Lipinski definition) is 1. The van der Waals surface area contributed by atoms with Crippen molar-refractivity contribution in [2.75, 3.05) is 6.61 Å². The Morgan fingerprint density at radius 3 is 2.58 bits per heavy atom. The van der Waals surface area contributed by atoms with Gasteiger partial charge in [-0.1, -0.05) is 0 Å². The number of nitrogens with zero attached hydrogens (tertiary/aromatic N) is 1. The SMILES string of the molecule is CCOC(=O)[C@@H](NS(=O)C(C)(C)C)c1cccn1C. The molecule has 0 spiro atoms. The average molecular weight is 286 g/mol. The quantitative estimate of drug-likeness (QED) is 0.838. The summed E-state index contributed by atoms with van der Waals surface area (Å²) in [4.78, 5) is 12.0. The van der Waals surface area contributed by atoms with Crippen molar-refractivity contribution in [3.63, 3.8) is 0 Å². The first-order chi connectivity index (χ1) is 8.77. The van der Waals surface area contributed by atoms with Crippen LogP contribution in [0, 0.1) is 0 Å². The van der Waals surface area contributed by atoms with Gasteiger partial charge in [-0.25, -0.2) is 13.7 Å². The summed E-state index contributed by atoms with van der Waals surface area (Å²) in [6.07, 6.45) is 1.84. The first kappa shape index (κ1) is 15.9. The molecule has 1 heterocycles. The van der Waals surface area contributed by atoms with Crippen LogP contribution in [0.25, 0.3) is 0 Å². The van der Waals surface area contributed by atoms with E-state index in [1.165, 1.54) is 0 Å². The monoisotopic (exact) mass is 286 g/mol. The Bertz CT molecular complexity index is 463. The van der Waals surface area contributed by atoms with Crippen molar-refractivity contribution >= 4 is 17.0 Å². The largest absolute Gasteiger partial charge is 0.465 e. The van der Waals surface area contributed by atoms with Crippen molar-refractivity contribution < 1.29 is 13.7 Å². The Labute approximate surface area is 116 Å². The molecule has 0 saturated carbocycles. The van der Waals surface area contributed by atoms with Crippen LogP contribution >= 0.6 is 0 Å². The lowest BCUT2D eigenvalue weighted by molar-refractivity contribution is -0.145. The van der Waals surface area contributed by atoms with Crippen molar-refractivity contribution in [2.45, 2.75) is 38.5 Å². The highest BCUT2D eigenvalue weighted by Gasteiger charge is 2.30. The first-order valence-corrected chi connectivity index (χ1v) is 7.38. The third-order valence-corrected chi connectivity index (χ3v) is 4.15. The molecule has 1 N–H and O–H groups in total.